The molecule has 0 aromatic carbocycles. The maximum absolute atomic E-state index is 5.94. The van der Waals surface area contributed by atoms with Gasteiger partial charge in [0, 0.05) is 10.8 Å². The molecule has 1 aromatic heterocycles. The largest absolute Gasteiger partial charge is 0.489 e. The van der Waals surface area contributed by atoms with Crippen LogP contribution in [0.1, 0.15) is 117 Å². The molecule has 2 nitrogen and oxygen atoms in total. The predicted octanol–water partition coefficient (Wildman–Crippen LogP) is 9.59. The first kappa shape index (κ1) is 28.0. The highest BCUT2D eigenvalue weighted by Crippen LogP contribution is 2.32. The number of ether oxygens (including phenoxy) is 2. The zero-order chi connectivity index (χ0) is 21.4. The van der Waals surface area contributed by atoms with Crippen LogP contribution in [-0.4, -0.2) is 13.2 Å². The van der Waals surface area contributed by atoms with Crippen molar-refractivity contribution in [1.29, 1.82) is 0 Å². The summed E-state index contributed by atoms with van der Waals surface area (Å²) < 4.78 is 11.9. The van der Waals surface area contributed by atoms with E-state index in [0.717, 1.165) is 37.6 Å². The lowest BCUT2D eigenvalue weighted by molar-refractivity contribution is 0.260. The highest BCUT2D eigenvalue weighted by Gasteiger charge is 2.06. The molecule has 0 saturated heterocycles. The quantitative estimate of drug-likeness (QED) is 0.153. The molecule has 1 heterocycles. The molecule has 0 aliphatic rings. The summed E-state index contributed by atoms with van der Waals surface area (Å²) in [5, 5.41) is 4.15. The third-order valence-electron chi connectivity index (χ3n) is 5.10. The average molecular weight is 425 g/mol. The zero-order valence-electron chi connectivity index (χ0n) is 19.5. The molecule has 0 atom stereocenters. The van der Waals surface area contributed by atoms with Crippen LogP contribution in [0, 0.1) is 0 Å². The molecular weight excluding hydrogens is 376 g/mol. The summed E-state index contributed by atoms with van der Waals surface area (Å²) >= 11 is 1.68. The zero-order valence-corrected chi connectivity index (χ0v) is 20.3. The molecule has 0 aliphatic heterocycles. The molecule has 0 unspecified atom stereocenters. The van der Waals surface area contributed by atoms with Crippen LogP contribution < -0.4 is 9.47 Å². The smallest absolute Gasteiger partial charge is 0.171 e. The van der Waals surface area contributed by atoms with Crippen LogP contribution in [0.5, 0.6) is 11.5 Å². The second kappa shape index (κ2) is 23.3. The fourth-order valence-electron chi connectivity index (χ4n) is 3.32. The summed E-state index contributed by atoms with van der Waals surface area (Å²) in [4.78, 5) is 0. The van der Waals surface area contributed by atoms with E-state index in [1.807, 2.05) is 0 Å². The van der Waals surface area contributed by atoms with Gasteiger partial charge in [-0.1, -0.05) is 104 Å². The van der Waals surface area contributed by atoms with Crippen LogP contribution in [0.4, 0.5) is 0 Å². The number of thiophene rings is 1. The van der Waals surface area contributed by atoms with Gasteiger partial charge in [0.1, 0.15) is 0 Å². The topological polar surface area (TPSA) is 18.5 Å². The number of hydrogen-bond acceptors (Lipinski definition) is 3. The van der Waals surface area contributed by atoms with Crippen LogP contribution in [-0.2, 0) is 0 Å². The van der Waals surface area contributed by atoms with Crippen molar-refractivity contribution in [2.24, 2.45) is 0 Å². The molecule has 0 amide bonds. The van der Waals surface area contributed by atoms with E-state index < -0.39 is 0 Å². The SMILES string of the molecule is C=C.CCCCCCCCCCOc1cscc1OCCCCCCCCCC. The molecule has 0 N–H and O–H groups in total. The Morgan fingerprint density at radius 3 is 1.21 bits per heavy atom. The lowest BCUT2D eigenvalue weighted by atomic mass is 10.1. The van der Waals surface area contributed by atoms with E-state index in [4.69, 9.17) is 9.47 Å². The van der Waals surface area contributed by atoms with Gasteiger partial charge < -0.3 is 9.47 Å². The molecule has 0 bridgehead atoms. The van der Waals surface area contributed by atoms with Gasteiger partial charge in [-0.2, -0.15) is 0 Å². The van der Waals surface area contributed by atoms with Crippen molar-refractivity contribution < 1.29 is 9.47 Å². The first-order valence-electron chi connectivity index (χ1n) is 12.2. The Balaban J connectivity index is 0.00000379. The second-order valence-electron chi connectivity index (χ2n) is 7.75. The normalized spacial score (nSPS) is 10.4. The van der Waals surface area contributed by atoms with Gasteiger partial charge in [-0.25, -0.2) is 0 Å². The molecular formula is C26H48O2S. The molecule has 1 aromatic rings. The Morgan fingerprint density at radius 2 is 0.862 bits per heavy atom. The van der Waals surface area contributed by atoms with Gasteiger partial charge in [0.15, 0.2) is 11.5 Å². The van der Waals surface area contributed by atoms with Gasteiger partial charge in [-0.15, -0.1) is 24.5 Å². The van der Waals surface area contributed by atoms with Crippen molar-refractivity contribution in [1.82, 2.24) is 0 Å². The van der Waals surface area contributed by atoms with Crippen LogP contribution >= 0.6 is 11.3 Å². The first-order chi connectivity index (χ1) is 14.4. The molecule has 0 aliphatic carbocycles. The Hall–Kier alpha value is -0.960. The Labute approximate surface area is 186 Å². The van der Waals surface area contributed by atoms with Crippen LogP contribution in [0.15, 0.2) is 23.9 Å². The second-order valence-corrected chi connectivity index (χ2v) is 8.49. The lowest BCUT2D eigenvalue weighted by Gasteiger charge is -2.09. The van der Waals surface area contributed by atoms with E-state index in [1.54, 1.807) is 11.3 Å². The fourth-order valence-corrected chi connectivity index (χ4v) is 4.00. The van der Waals surface area contributed by atoms with Gasteiger partial charge in [-0.05, 0) is 12.8 Å². The first-order valence-corrected chi connectivity index (χ1v) is 13.1. The van der Waals surface area contributed by atoms with Crippen molar-refractivity contribution in [2.45, 2.75) is 117 Å². The van der Waals surface area contributed by atoms with E-state index >= 15 is 0 Å². The minimum Gasteiger partial charge on any atom is -0.489 e. The summed E-state index contributed by atoms with van der Waals surface area (Å²) in [5.74, 6) is 1.89. The lowest BCUT2D eigenvalue weighted by Crippen LogP contribution is -2.01. The third-order valence-corrected chi connectivity index (χ3v) is 5.80. The highest BCUT2D eigenvalue weighted by atomic mass is 32.1. The maximum atomic E-state index is 5.94. The van der Waals surface area contributed by atoms with Gasteiger partial charge >= 0.3 is 0 Å². The molecule has 29 heavy (non-hydrogen) atoms. The Morgan fingerprint density at radius 1 is 0.552 bits per heavy atom. The van der Waals surface area contributed by atoms with Crippen molar-refractivity contribution in [3.63, 3.8) is 0 Å². The third kappa shape index (κ3) is 17.6. The highest BCUT2D eigenvalue weighted by molar-refractivity contribution is 7.08. The maximum Gasteiger partial charge on any atom is 0.171 e. The predicted molar refractivity (Wildman–Crippen MR) is 132 cm³/mol. The summed E-state index contributed by atoms with van der Waals surface area (Å²) in [6, 6.07) is 0. The van der Waals surface area contributed by atoms with Crippen LogP contribution in [0.3, 0.4) is 0 Å². The van der Waals surface area contributed by atoms with Gasteiger partial charge in [0.05, 0.1) is 13.2 Å². The monoisotopic (exact) mass is 424 g/mol. The summed E-state index contributed by atoms with van der Waals surface area (Å²) in [6.07, 6.45) is 21.4. The molecule has 0 radical (unpaired) electrons. The molecule has 1 rings (SSSR count). The van der Waals surface area contributed by atoms with E-state index in [0.29, 0.717) is 0 Å². The number of hydrogen-bond donors (Lipinski definition) is 0. The minimum absolute atomic E-state index is 0.819. The van der Waals surface area contributed by atoms with Crippen molar-refractivity contribution in [3.8, 4) is 11.5 Å². The van der Waals surface area contributed by atoms with E-state index in [2.05, 4.69) is 37.8 Å². The molecule has 3 heteroatoms. The van der Waals surface area contributed by atoms with Crippen molar-refractivity contribution in [2.75, 3.05) is 13.2 Å². The van der Waals surface area contributed by atoms with E-state index in [9.17, 15) is 0 Å². The van der Waals surface area contributed by atoms with E-state index in [1.165, 1.54) is 89.9 Å². The van der Waals surface area contributed by atoms with Crippen molar-refractivity contribution in [3.05, 3.63) is 23.9 Å². The summed E-state index contributed by atoms with van der Waals surface area (Å²) in [5.41, 5.74) is 0. The fraction of sp³-hybridized carbons (Fsp3) is 0.769. The van der Waals surface area contributed by atoms with Gasteiger partial charge in [-0.3, -0.25) is 0 Å². The van der Waals surface area contributed by atoms with E-state index in [-0.39, 0.29) is 0 Å². The summed E-state index contributed by atoms with van der Waals surface area (Å²) in [6.45, 7) is 12.2. The molecule has 0 spiro atoms. The number of rotatable bonds is 20. The van der Waals surface area contributed by atoms with Crippen LogP contribution in [0.2, 0.25) is 0 Å². The number of unbranched alkanes of at least 4 members (excludes halogenated alkanes) is 14. The molecule has 0 saturated carbocycles. The minimum atomic E-state index is 0.819. The summed E-state index contributed by atoms with van der Waals surface area (Å²) in [7, 11) is 0. The van der Waals surface area contributed by atoms with Gasteiger partial charge in [0.2, 0.25) is 0 Å². The van der Waals surface area contributed by atoms with Crippen LogP contribution in [0.25, 0.3) is 0 Å². The average Bonchev–Trinajstić information content (AvgIpc) is 3.20. The Bertz CT molecular complexity index is 394. The standard InChI is InChI=1S/C24H44O2S.C2H4/c1-3-5-7-9-11-13-15-17-19-25-23-21-27-22-24(23)26-20-18-16-14-12-10-8-6-4-2;1-2/h21-22H,3-20H2,1-2H3;1-2H2. The van der Waals surface area contributed by atoms with Gasteiger partial charge in [0.25, 0.3) is 0 Å². The van der Waals surface area contributed by atoms with Crippen molar-refractivity contribution >= 4 is 11.3 Å². The Kier molecular flexibility index (Phi) is 22.5. The molecule has 170 valence electrons. The molecule has 0 fully saturated rings.